The van der Waals surface area contributed by atoms with Crippen molar-refractivity contribution in [3.8, 4) is 0 Å². The number of nitrogens with one attached hydrogen (secondary N) is 1. The first-order valence-corrected chi connectivity index (χ1v) is 10.0. The quantitative estimate of drug-likeness (QED) is 0.782. The molecule has 0 saturated carbocycles. The van der Waals surface area contributed by atoms with Gasteiger partial charge in [-0.05, 0) is 42.8 Å². The van der Waals surface area contributed by atoms with Gasteiger partial charge in [-0.15, -0.1) is 0 Å². The van der Waals surface area contributed by atoms with Crippen LogP contribution in [0, 0.1) is 0 Å². The zero-order chi connectivity index (χ0) is 17.2. The molecule has 0 heterocycles. The molecule has 23 heavy (non-hydrogen) atoms. The van der Waals surface area contributed by atoms with Crippen molar-refractivity contribution in [3.63, 3.8) is 0 Å². The van der Waals surface area contributed by atoms with Crippen LogP contribution in [0.25, 0.3) is 0 Å². The van der Waals surface area contributed by atoms with E-state index in [1.54, 1.807) is 43.3 Å². The van der Waals surface area contributed by atoms with Crippen LogP contribution in [0.5, 0.6) is 0 Å². The zero-order valence-electron chi connectivity index (χ0n) is 12.4. The highest BCUT2D eigenvalue weighted by atomic mass is 35.5. The summed E-state index contributed by atoms with van der Waals surface area (Å²) >= 11 is 13.4. The maximum atomic E-state index is 11.5. The van der Waals surface area contributed by atoms with E-state index in [2.05, 4.69) is 4.72 Å². The fraction of sp³-hybridized carbons (Fsp3) is 0.200. The van der Waals surface area contributed by atoms with E-state index < -0.39 is 16.1 Å². The first-order valence-electron chi connectivity index (χ1n) is 6.58. The Kier molecular flexibility index (Phi) is 5.86. The fourth-order valence-electron chi connectivity index (χ4n) is 1.84. The van der Waals surface area contributed by atoms with Crippen molar-refractivity contribution in [1.82, 2.24) is 0 Å². The Balaban J connectivity index is 2.46. The molecule has 2 aromatic carbocycles. The molecule has 0 aliphatic rings. The Morgan fingerprint density at radius 3 is 2.39 bits per heavy atom. The average molecular weight is 392 g/mol. The van der Waals surface area contributed by atoms with Crippen LogP contribution in [-0.2, 0) is 10.0 Å². The lowest BCUT2D eigenvalue weighted by atomic mass is 10.1. The van der Waals surface area contributed by atoms with Crippen LogP contribution in [0.15, 0.2) is 46.2 Å². The van der Waals surface area contributed by atoms with Gasteiger partial charge in [0.25, 0.3) is 0 Å². The Morgan fingerprint density at radius 2 is 1.83 bits per heavy atom. The van der Waals surface area contributed by atoms with Crippen LogP contribution >= 0.6 is 35.0 Å². The predicted octanol–water partition coefficient (Wildman–Crippen LogP) is 4.57. The third kappa shape index (κ3) is 5.29. The standard InChI is InChI=1S/C15H15Cl2NO3S2/c1-9(19)10-3-5-13(18-23(2,20)21)15(7-10)22-14-6-4-11(16)8-12(14)17/h3-9,18-19H,1-2H3. The third-order valence-electron chi connectivity index (χ3n) is 2.90. The normalized spacial score (nSPS) is 12.9. The van der Waals surface area contributed by atoms with E-state index in [0.29, 0.717) is 26.2 Å². The fourth-order valence-corrected chi connectivity index (χ4v) is 3.96. The van der Waals surface area contributed by atoms with E-state index in [-0.39, 0.29) is 0 Å². The summed E-state index contributed by atoms with van der Waals surface area (Å²) in [6, 6.07) is 10.1. The van der Waals surface area contributed by atoms with E-state index in [4.69, 9.17) is 23.2 Å². The molecule has 0 aliphatic heterocycles. The van der Waals surface area contributed by atoms with Gasteiger partial charge in [0, 0.05) is 14.8 Å². The number of aliphatic hydroxyl groups excluding tert-OH is 1. The van der Waals surface area contributed by atoms with Crippen LogP contribution in [0.4, 0.5) is 5.69 Å². The van der Waals surface area contributed by atoms with Crippen LogP contribution in [0.3, 0.4) is 0 Å². The maximum Gasteiger partial charge on any atom is 0.229 e. The third-order valence-corrected chi connectivity index (χ3v) is 5.28. The lowest BCUT2D eigenvalue weighted by molar-refractivity contribution is 0.199. The molecule has 0 radical (unpaired) electrons. The highest BCUT2D eigenvalue weighted by Crippen LogP contribution is 2.39. The van der Waals surface area contributed by atoms with Crippen LogP contribution in [0.1, 0.15) is 18.6 Å². The molecule has 2 N–H and O–H groups in total. The minimum atomic E-state index is -3.42. The van der Waals surface area contributed by atoms with Crippen molar-refractivity contribution in [1.29, 1.82) is 0 Å². The summed E-state index contributed by atoms with van der Waals surface area (Å²) in [5.41, 5.74) is 1.10. The molecule has 0 amide bonds. The number of anilines is 1. The Bertz CT molecular complexity index is 823. The minimum Gasteiger partial charge on any atom is -0.389 e. The van der Waals surface area contributed by atoms with Gasteiger partial charge in [0.05, 0.1) is 23.1 Å². The number of aliphatic hydroxyl groups is 1. The lowest BCUT2D eigenvalue weighted by Crippen LogP contribution is -2.10. The van der Waals surface area contributed by atoms with Crippen molar-refractivity contribution < 1.29 is 13.5 Å². The summed E-state index contributed by atoms with van der Waals surface area (Å²) in [7, 11) is -3.42. The van der Waals surface area contributed by atoms with E-state index in [1.165, 1.54) is 11.8 Å². The van der Waals surface area contributed by atoms with Gasteiger partial charge in [0.15, 0.2) is 0 Å². The van der Waals surface area contributed by atoms with E-state index >= 15 is 0 Å². The molecule has 0 aromatic heterocycles. The number of benzene rings is 2. The zero-order valence-corrected chi connectivity index (χ0v) is 15.5. The van der Waals surface area contributed by atoms with Gasteiger partial charge in [0.2, 0.25) is 10.0 Å². The maximum absolute atomic E-state index is 11.5. The second-order valence-electron chi connectivity index (χ2n) is 4.98. The first kappa shape index (κ1) is 18.4. The number of sulfonamides is 1. The Morgan fingerprint density at radius 1 is 1.13 bits per heavy atom. The summed E-state index contributed by atoms with van der Waals surface area (Å²) in [5.74, 6) is 0. The molecular weight excluding hydrogens is 377 g/mol. The van der Waals surface area contributed by atoms with E-state index in [9.17, 15) is 13.5 Å². The largest absolute Gasteiger partial charge is 0.389 e. The lowest BCUT2D eigenvalue weighted by Gasteiger charge is -2.14. The number of hydrogen-bond donors (Lipinski definition) is 2. The molecule has 1 unspecified atom stereocenters. The molecule has 1 atom stereocenters. The molecule has 124 valence electrons. The summed E-state index contributed by atoms with van der Waals surface area (Å²) < 4.78 is 25.5. The molecule has 4 nitrogen and oxygen atoms in total. The molecule has 0 aliphatic carbocycles. The molecule has 0 saturated heterocycles. The Hall–Kier alpha value is -0.920. The van der Waals surface area contributed by atoms with E-state index in [1.807, 2.05) is 0 Å². The Labute approximate surface area is 149 Å². The van der Waals surface area contributed by atoms with Gasteiger partial charge >= 0.3 is 0 Å². The van der Waals surface area contributed by atoms with Crippen molar-refractivity contribution >= 4 is 50.7 Å². The average Bonchev–Trinajstić information content (AvgIpc) is 2.41. The van der Waals surface area contributed by atoms with Gasteiger partial charge in [-0.1, -0.05) is 41.0 Å². The highest BCUT2D eigenvalue weighted by Gasteiger charge is 2.13. The molecule has 2 aromatic rings. The molecule has 0 spiro atoms. The monoisotopic (exact) mass is 391 g/mol. The number of halogens is 2. The molecule has 0 fully saturated rings. The molecular formula is C15H15Cl2NO3S2. The number of rotatable bonds is 5. The van der Waals surface area contributed by atoms with Crippen molar-refractivity contribution in [2.45, 2.75) is 22.8 Å². The topological polar surface area (TPSA) is 66.4 Å². The van der Waals surface area contributed by atoms with Gasteiger partial charge in [-0.25, -0.2) is 8.42 Å². The summed E-state index contributed by atoms with van der Waals surface area (Å²) in [6.45, 7) is 1.64. The SMILES string of the molecule is CC(O)c1ccc(NS(C)(=O)=O)c(Sc2ccc(Cl)cc2Cl)c1. The second kappa shape index (κ2) is 7.32. The highest BCUT2D eigenvalue weighted by molar-refractivity contribution is 7.99. The predicted molar refractivity (Wildman–Crippen MR) is 96.1 cm³/mol. The van der Waals surface area contributed by atoms with Gasteiger partial charge in [-0.2, -0.15) is 0 Å². The second-order valence-corrected chi connectivity index (χ2v) is 8.66. The van der Waals surface area contributed by atoms with E-state index in [0.717, 1.165) is 11.2 Å². The number of hydrogen-bond acceptors (Lipinski definition) is 4. The smallest absolute Gasteiger partial charge is 0.229 e. The van der Waals surface area contributed by atoms with Gasteiger partial charge < -0.3 is 5.11 Å². The minimum absolute atomic E-state index is 0.424. The van der Waals surface area contributed by atoms with Crippen LogP contribution < -0.4 is 4.72 Å². The van der Waals surface area contributed by atoms with Crippen molar-refractivity contribution in [3.05, 3.63) is 52.0 Å². The van der Waals surface area contributed by atoms with Crippen LogP contribution in [-0.4, -0.2) is 19.8 Å². The van der Waals surface area contributed by atoms with Crippen LogP contribution in [0.2, 0.25) is 10.0 Å². The van der Waals surface area contributed by atoms with Crippen molar-refractivity contribution in [2.75, 3.05) is 11.0 Å². The molecule has 0 bridgehead atoms. The van der Waals surface area contributed by atoms with Crippen molar-refractivity contribution in [2.24, 2.45) is 0 Å². The van der Waals surface area contributed by atoms with Gasteiger partial charge in [0.1, 0.15) is 0 Å². The molecule has 8 heteroatoms. The first-order chi connectivity index (χ1) is 10.7. The summed E-state index contributed by atoms with van der Waals surface area (Å²) in [6.07, 6.45) is 0.418. The molecule has 2 rings (SSSR count). The summed E-state index contributed by atoms with van der Waals surface area (Å²) in [4.78, 5) is 1.37. The summed E-state index contributed by atoms with van der Waals surface area (Å²) in [5, 5.41) is 10.7. The van der Waals surface area contributed by atoms with Gasteiger partial charge in [-0.3, -0.25) is 4.72 Å².